The average Bonchev–Trinajstić information content (AvgIpc) is 3.07. The Kier molecular flexibility index (Phi) is 3.37. The number of halogens is 3. The fraction of sp³-hybridized carbons (Fsp3) is 1.00. The van der Waals surface area contributed by atoms with Crippen LogP contribution in [0.3, 0.4) is 0 Å². The molecule has 2 nitrogen and oxygen atoms in total. The zero-order valence-corrected chi connectivity index (χ0v) is 12.4. The van der Waals surface area contributed by atoms with Crippen LogP contribution in [0.15, 0.2) is 0 Å². The van der Waals surface area contributed by atoms with Gasteiger partial charge >= 0.3 is 6.18 Å². The number of rotatable bonds is 2. The zero-order valence-electron chi connectivity index (χ0n) is 12.4. The predicted molar refractivity (Wildman–Crippen MR) is 72.6 cm³/mol. The Bertz CT molecular complexity index is 368. The molecule has 2 aliphatic carbocycles. The Labute approximate surface area is 119 Å². The van der Waals surface area contributed by atoms with E-state index in [0.717, 1.165) is 25.7 Å². The maximum Gasteiger partial charge on any atom is 0.406 e. The second-order valence-corrected chi connectivity index (χ2v) is 7.34. The van der Waals surface area contributed by atoms with E-state index in [1.165, 1.54) is 0 Å². The van der Waals surface area contributed by atoms with Gasteiger partial charge in [-0.05, 0) is 31.6 Å². The fourth-order valence-corrected chi connectivity index (χ4v) is 4.23. The summed E-state index contributed by atoms with van der Waals surface area (Å²) in [5.74, 6) is 0.251. The minimum Gasteiger partial charge on any atom is -0.308 e. The fourth-order valence-electron chi connectivity index (χ4n) is 4.23. The van der Waals surface area contributed by atoms with Gasteiger partial charge in [0.1, 0.15) is 5.54 Å². The molecule has 0 bridgehead atoms. The van der Waals surface area contributed by atoms with Crippen LogP contribution in [-0.4, -0.2) is 41.3 Å². The van der Waals surface area contributed by atoms with Crippen molar-refractivity contribution in [1.82, 2.24) is 10.2 Å². The summed E-state index contributed by atoms with van der Waals surface area (Å²) in [7, 11) is 0. The first-order valence-electron chi connectivity index (χ1n) is 7.88. The quantitative estimate of drug-likeness (QED) is 0.839. The molecule has 2 saturated carbocycles. The first-order valence-corrected chi connectivity index (χ1v) is 7.88. The van der Waals surface area contributed by atoms with Gasteiger partial charge in [-0.15, -0.1) is 0 Å². The second-order valence-electron chi connectivity index (χ2n) is 7.34. The lowest BCUT2D eigenvalue weighted by Crippen LogP contribution is -2.69. The number of alkyl halides is 3. The minimum atomic E-state index is -4.09. The smallest absolute Gasteiger partial charge is 0.308 e. The molecule has 3 rings (SSSR count). The van der Waals surface area contributed by atoms with Crippen LogP contribution in [0.4, 0.5) is 13.2 Å². The van der Waals surface area contributed by atoms with Crippen molar-refractivity contribution in [3.05, 3.63) is 0 Å². The van der Waals surface area contributed by atoms with Crippen molar-refractivity contribution >= 4 is 0 Å². The molecule has 1 unspecified atom stereocenters. The number of hydrogen-bond donors (Lipinski definition) is 1. The molecule has 0 aromatic rings. The van der Waals surface area contributed by atoms with Gasteiger partial charge in [0.05, 0.1) is 0 Å². The maximum atomic E-state index is 13.5. The maximum absolute atomic E-state index is 13.5. The molecule has 1 N–H and O–H groups in total. The van der Waals surface area contributed by atoms with Gasteiger partial charge in [0.2, 0.25) is 0 Å². The lowest BCUT2D eigenvalue weighted by atomic mass is 9.87. The molecule has 0 aromatic carbocycles. The van der Waals surface area contributed by atoms with Crippen molar-refractivity contribution in [1.29, 1.82) is 0 Å². The van der Waals surface area contributed by atoms with Gasteiger partial charge in [-0.2, -0.15) is 13.2 Å². The summed E-state index contributed by atoms with van der Waals surface area (Å²) in [6.45, 7) is 5.36. The molecule has 1 atom stereocenters. The van der Waals surface area contributed by atoms with Crippen LogP contribution in [0, 0.1) is 5.92 Å². The number of nitrogens with zero attached hydrogens (tertiary/aromatic N) is 1. The van der Waals surface area contributed by atoms with E-state index in [9.17, 15) is 13.2 Å². The van der Waals surface area contributed by atoms with Gasteiger partial charge in [0.25, 0.3) is 0 Å². The predicted octanol–water partition coefficient (Wildman–Crippen LogP) is 3.32. The van der Waals surface area contributed by atoms with Crippen molar-refractivity contribution < 1.29 is 13.2 Å². The van der Waals surface area contributed by atoms with Crippen LogP contribution >= 0.6 is 0 Å². The van der Waals surface area contributed by atoms with Gasteiger partial charge in [0.15, 0.2) is 0 Å². The molecule has 1 heterocycles. The van der Waals surface area contributed by atoms with Gasteiger partial charge in [-0.25, -0.2) is 0 Å². The summed E-state index contributed by atoms with van der Waals surface area (Å²) < 4.78 is 40.6. The highest BCUT2D eigenvalue weighted by Gasteiger charge is 2.69. The summed E-state index contributed by atoms with van der Waals surface area (Å²) in [5.41, 5.74) is -1.56. The summed E-state index contributed by atoms with van der Waals surface area (Å²) in [6, 6.07) is 0.00495. The van der Waals surface area contributed by atoms with Gasteiger partial charge in [0, 0.05) is 24.7 Å². The molecule has 3 fully saturated rings. The first-order chi connectivity index (χ1) is 9.30. The average molecular weight is 290 g/mol. The van der Waals surface area contributed by atoms with Crippen molar-refractivity contribution in [2.45, 2.75) is 75.7 Å². The van der Waals surface area contributed by atoms with E-state index in [2.05, 4.69) is 5.32 Å². The highest BCUT2D eigenvalue weighted by Crippen LogP contribution is 2.56. The molecular formula is C15H25F3N2. The van der Waals surface area contributed by atoms with Crippen molar-refractivity contribution in [2.75, 3.05) is 13.1 Å². The third-order valence-corrected chi connectivity index (χ3v) is 5.69. The monoisotopic (exact) mass is 290 g/mol. The van der Waals surface area contributed by atoms with E-state index >= 15 is 0 Å². The summed E-state index contributed by atoms with van der Waals surface area (Å²) in [5, 5.41) is 3.60. The Hall–Kier alpha value is -0.290. The Balaban J connectivity index is 1.87. The van der Waals surface area contributed by atoms with E-state index < -0.39 is 11.7 Å². The van der Waals surface area contributed by atoms with Crippen molar-refractivity contribution in [3.8, 4) is 0 Å². The van der Waals surface area contributed by atoms with Crippen LogP contribution in [0.2, 0.25) is 0 Å². The molecule has 0 amide bonds. The molecule has 5 heteroatoms. The summed E-state index contributed by atoms with van der Waals surface area (Å²) >= 11 is 0. The van der Waals surface area contributed by atoms with E-state index in [1.54, 1.807) is 0 Å². The van der Waals surface area contributed by atoms with Crippen molar-refractivity contribution in [3.63, 3.8) is 0 Å². The van der Waals surface area contributed by atoms with E-state index in [-0.39, 0.29) is 30.3 Å². The van der Waals surface area contributed by atoms with Crippen LogP contribution in [0.25, 0.3) is 0 Å². The van der Waals surface area contributed by atoms with E-state index in [0.29, 0.717) is 13.1 Å². The molecule has 1 aliphatic heterocycles. The largest absolute Gasteiger partial charge is 0.406 e. The van der Waals surface area contributed by atoms with E-state index in [4.69, 9.17) is 0 Å². The molecule has 116 valence electrons. The highest BCUT2D eigenvalue weighted by atomic mass is 19.4. The summed E-state index contributed by atoms with van der Waals surface area (Å²) in [4.78, 5) is 1.83. The zero-order chi connectivity index (χ0) is 14.6. The SMILES string of the molecule is CC(C)C1CNC2(CCCC2)CN1C1(C(F)(F)F)CC1. The molecule has 0 aromatic heterocycles. The standard InChI is InChI=1S/C15H25F3N2/c1-11(2)12-9-19-13(5-3-4-6-13)10-20(12)14(7-8-14)15(16,17)18/h11-12,19H,3-10H2,1-2H3. The molecular weight excluding hydrogens is 265 g/mol. The normalized spacial score (nSPS) is 33.0. The third-order valence-electron chi connectivity index (χ3n) is 5.69. The number of hydrogen-bond acceptors (Lipinski definition) is 2. The Morgan fingerprint density at radius 3 is 2.15 bits per heavy atom. The van der Waals surface area contributed by atoms with E-state index in [1.807, 2.05) is 18.7 Å². The van der Waals surface area contributed by atoms with Gasteiger partial charge < -0.3 is 5.32 Å². The molecule has 3 aliphatic rings. The molecule has 1 saturated heterocycles. The van der Waals surface area contributed by atoms with Gasteiger partial charge in [-0.1, -0.05) is 26.7 Å². The topological polar surface area (TPSA) is 15.3 Å². The van der Waals surface area contributed by atoms with Crippen LogP contribution in [-0.2, 0) is 0 Å². The first kappa shape index (κ1) is 14.6. The number of nitrogens with one attached hydrogen (secondary N) is 1. The van der Waals surface area contributed by atoms with Crippen molar-refractivity contribution in [2.24, 2.45) is 5.92 Å². The van der Waals surface area contributed by atoms with Crippen LogP contribution in [0.1, 0.15) is 52.4 Å². The lowest BCUT2D eigenvalue weighted by Gasteiger charge is -2.51. The van der Waals surface area contributed by atoms with Crippen LogP contribution < -0.4 is 5.32 Å². The minimum absolute atomic E-state index is 0.00495. The molecule has 1 spiro atoms. The highest BCUT2D eigenvalue weighted by molar-refractivity contribution is 5.15. The summed E-state index contributed by atoms with van der Waals surface area (Å²) in [6.07, 6.45) is 0.839. The second kappa shape index (κ2) is 4.60. The molecule has 0 radical (unpaired) electrons. The third kappa shape index (κ3) is 2.17. The Morgan fingerprint density at radius 1 is 1.10 bits per heavy atom. The molecule has 20 heavy (non-hydrogen) atoms. The lowest BCUT2D eigenvalue weighted by molar-refractivity contribution is -0.211. The Morgan fingerprint density at radius 2 is 1.70 bits per heavy atom. The number of piperazine rings is 1. The van der Waals surface area contributed by atoms with Crippen LogP contribution in [0.5, 0.6) is 0 Å². The van der Waals surface area contributed by atoms with Gasteiger partial charge in [-0.3, -0.25) is 4.90 Å².